The second kappa shape index (κ2) is 5.64. The van der Waals surface area contributed by atoms with Gasteiger partial charge in [-0.1, -0.05) is 17.7 Å². The van der Waals surface area contributed by atoms with Gasteiger partial charge in [0, 0.05) is 29.1 Å². The molecule has 122 valence electrons. The summed E-state index contributed by atoms with van der Waals surface area (Å²) < 4.78 is 2.00. The number of aromatic nitrogens is 2. The maximum absolute atomic E-state index is 13.0. The Kier molecular flexibility index (Phi) is 3.57. The third kappa shape index (κ3) is 2.38. The third-order valence-electron chi connectivity index (χ3n) is 4.67. The molecular weight excluding hydrogens is 322 g/mol. The fraction of sp³-hybridized carbons (Fsp3) is 0.263. The molecule has 1 aromatic carbocycles. The molecule has 2 aromatic heterocycles. The van der Waals surface area contributed by atoms with E-state index in [4.69, 9.17) is 11.6 Å². The predicted octanol–water partition coefficient (Wildman–Crippen LogP) is 3.82. The Morgan fingerprint density at radius 2 is 2.21 bits per heavy atom. The number of amides is 1. The lowest BCUT2D eigenvalue weighted by atomic mass is 10.1. The first kappa shape index (κ1) is 15.2. The van der Waals surface area contributed by atoms with Crippen LogP contribution in [0.1, 0.15) is 23.7 Å². The molecule has 24 heavy (non-hydrogen) atoms. The molecule has 0 spiro atoms. The number of carbonyl (C=O) groups excluding carboxylic acids is 1. The highest BCUT2D eigenvalue weighted by atomic mass is 35.5. The normalized spacial score (nSPS) is 16.6. The van der Waals surface area contributed by atoms with Crippen LogP contribution in [0.2, 0.25) is 5.02 Å². The van der Waals surface area contributed by atoms with Crippen LogP contribution in [0, 0.1) is 6.92 Å². The molecule has 0 saturated heterocycles. The topological polar surface area (TPSA) is 37.6 Å². The molecule has 4 nitrogen and oxygen atoms in total. The Bertz CT molecular complexity index is 947. The van der Waals surface area contributed by atoms with E-state index in [-0.39, 0.29) is 11.9 Å². The van der Waals surface area contributed by atoms with Gasteiger partial charge < -0.3 is 9.30 Å². The second-order valence-electron chi connectivity index (χ2n) is 6.40. The number of aryl methyl sites for hydroxylation is 1. The molecule has 1 unspecified atom stereocenters. The highest BCUT2D eigenvalue weighted by Gasteiger charge is 2.31. The van der Waals surface area contributed by atoms with Gasteiger partial charge in [0.25, 0.3) is 0 Å². The van der Waals surface area contributed by atoms with E-state index in [2.05, 4.69) is 11.9 Å². The summed E-state index contributed by atoms with van der Waals surface area (Å²) in [7, 11) is 0. The minimum atomic E-state index is 0.0897. The fourth-order valence-corrected chi connectivity index (χ4v) is 3.75. The summed E-state index contributed by atoms with van der Waals surface area (Å²) in [5, 5.41) is 0.715. The lowest BCUT2D eigenvalue weighted by Gasteiger charge is -2.22. The van der Waals surface area contributed by atoms with E-state index in [0.29, 0.717) is 11.4 Å². The number of benzene rings is 1. The highest BCUT2D eigenvalue weighted by molar-refractivity contribution is 6.30. The Morgan fingerprint density at radius 1 is 1.38 bits per heavy atom. The predicted molar refractivity (Wildman–Crippen MR) is 95.7 cm³/mol. The van der Waals surface area contributed by atoms with E-state index in [0.717, 1.165) is 34.6 Å². The number of carbonyl (C=O) groups is 1. The number of rotatable bonds is 2. The Labute approximate surface area is 145 Å². The Hall–Kier alpha value is -2.33. The summed E-state index contributed by atoms with van der Waals surface area (Å²) in [6, 6.07) is 9.89. The molecule has 0 saturated carbocycles. The van der Waals surface area contributed by atoms with Crippen LogP contribution in [0.4, 0.5) is 5.69 Å². The monoisotopic (exact) mass is 339 g/mol. The van der Waals surface area contributed by atoms with E-state index in [1.54, 1.807) is 6.20 Å². The van der Waals surface area contributed by atoms with Crippen molar-refractivity contribution >= 4 is 28.8 Å². The molecule has 0 N–H and O–H groups in total. The van der Waals surface area contributed by atoms with Crippen LogP contribution in [0.5, 0.6) is 0 Å². The van der Waals surface area contributed by atoms with Crippen molar-refractivity contribution in [2.75, 3.05) is 4.90 Å². The zero-order valence-electron chi connectivity index (χ0n) is 13.7. The van der Waals surface area contributed by atoms with Crippen LogP contribution < -0.4 is 4.90 Å². The van der Waals surface area contributed by atoms with E-state index in [1.807, 2.05) is 52.8 Å². The summed E-state index contributed by atoms with van der Waals surface area (Å²) in [5.74, 6) is 0.0897. The number of hydrogen-bond donors (Lipinski definition) is 0. The minimum absolute atomic E-state index is 0.0897. The van der Waals surface area contributed by atoms with Crippen molar-refractivity contribution in [1.82, 2.24) is 9.38 Å². The van der Waals surface area contributed by atoms with Gasteiger partial charge in [0.2, 0.25) is 5.91 Å². The molecule has 1 aliphatic heterocycles. The maximum Gasteiger partial charge on any atom is 0.233 e. The first-order chi connectivity index (χ1) is 11.5. The number of fused-ring (bicyclic) bond motifs is 2. The maximum atomic E-state index is 13.0. The molecule has 0 aliphatic carbocycles. The fourth-order valence-electron chi connectivity index (χ4n) is 3.55. The summed E-state index contributed by atoms with van der Waals surface area (Å²) in [6.45, 7) is 4.10. The van der Waals surface area contributed by atoms with Gasteiger partial charge in [0.05, 0.1) is 12.1 Å². The third-order valence-corrected chi connectivity index (χ3v) is 4.90. The number of nitrogens with zero attached hydrogens (tertiary/aromatic N) is 3. The van der Waals surface area contributed by atoms with Crippen LogP contribution in [-0.4, -0.2) is 21.3 Å². The van der Waals surface area contributed by atoms with Crippen LogP contribution in [-0.2, 0) is 17.6 Å². The van der Waals surface area contributed by atoms with Gasteiger partial charge in [-0.2, -0.15) is 0 Å². The zero-order valence-corrected chi connectivity index (χ0v) is 14.4. The van der Waals surface area contributed by atoms with Crippen molar-refractivity contribution in [2.45, 2.75) is 32.7 Å². The van der Waals surface area contributed by atoms with Gasteiger partial charge >= 0.3 is 0 Å². The SMILES string of the molecule is Cc1cccn2c(CC(=O)N3c4ccc(Cl)cc4CC3C)cnc12. The largest absolute Gasteiger partial charge is 0.309 e. The molecule has 1 atom stereocenters. The van der Waals surface area contributed by atoms with Crippen LogP contribution in [0.25, 0.3) is 5.65 Å². The van der Waals surface area contributed by atoms with Crippen LogP contribution in [0.3, 0.4) is 0 Å². The molecule has 0 radical (unpaired) electrons. The van der Waals surface area contributed by atoms with Gasteiger partial charge in [0.15, 0.2) is 0 Å². The van der Waals surface area contributed by atoms with E-state index in [9.17, 15) is 4.79 Å². The van der Waals surface area contributed by atoms with Crippen molar-refractivity contribution in [3.63, 3.8) is 0 Å². The minimum Gasteiger partial charge on any atom is -0.309 e. The number of hydrogen-bond acceptors (Lipinski definition) is 2. The zero-order chi connectivity index (χ0) is 16.8. The number of imidazole rings is 1. The molecule has 1 amide bonds. The number of anilines is 1. The van der Waals surface area contributed by atoms with Gasteiger partial charge in [-0.05, 0) is 55.7 Å². The van der Waals surface area contributed by atoms with Gasteiger partial charge in [-0.3, -0.25) is 4.79 Å². The quantitative estimate of drug-likeness (QED) is 0.712. The Morgan fingerprint density at radius 3 is 3.04 bits per heavy atom. The van der Waals surface area contributed by atoms with E-state index >= 15 is 0 Å². The summed E-state index contributed by atoms with van der Waals surface area (Å²) >= 11 is 6.08. The van der Waals surface area contributed by atoms with Gasteiger partial charge in [0.1, 0.15) is 5.65 Å². The first-order valence-corrected chi connectivity index (χ1v) is 8.44. The summed E-state index contributed by atoms with van der Waals surface area (Å²) in [5.41, 5.74) is 5.03. The van der Waals surface area contributed by atoms with E-state index in [1.165, 1.54) is 0 Å². The molecule has 1 aliphatic rings. The standard InChI is InChI=1S/C19H18ClN3O/c1-12-4-3-7-22-16(11-21-19(12)22)10-18(24)23-13(2)8-14-9-15(20)5-6-17(14)23/h3-7,9,11,13H,8,10H2,1-2H3. The molecule has 0 fully saturated rings. The van der Waals surface area contributed by atoms with Crippen molar-refractivity contribution in [3.8, 4) is 0 Å². The van der Waals surface area contributed by atoms with E-state index < -0.39 is 0 Å². The lowest BCUT2D eigenvalue weighted by molar-refractivity contribution is -0.118. The van der Waals surface area contributed by atoms with Gasteiger partial charge in [-0.15, -0.1) is 0 Å². The summed E-state index contributed by atoms with van der Waals surface area (Å²) in [6.07, 6.45) is 4.92. The second-order valence-corrected chi connectivity index (χ2v) is 6.84. The Balaban J connectivity index is 1.66. The van der Waals surface area contributed by atoms with Crippen molar-refractivity contribution in [3.05, 3.63) is 64.6 Å². The molecule has 5 heteroatoms. The molecule has 3 aromatic rings. The average molecular weight is 340 g/mol. The van der Waals surface area contributed by atoms with Crippen molar-refractivity contribution in [2.24, 2.45) is 0 Å². The number of halogens is 1. The molecule has 4 rings (SSSR count). The highest BCUT2D eigenvalue weighted by Crippen LogP contribution is 2.34. The van der Waals surface area contributed by atoms with Crippen molar-refractivity contribution in [1.29, 1.82) is 0 Å². The smallest absolute Gasteiger partial charge is 0.233 e. The van der Waals surface area contributed by atoms with Crippen LogP contribution in [0.15, 0.2) is 42.7 Å². The summed E-state index contributed by atoms with van der Waals surface area (Å²) in [4.78, 5) is 19.3. The first-order valence-electron chi connectivity index (χ1n) is 8.06. The van der Waals surface area contributed by atoms with Gasteiger partial charge in [-0.25, -0.2) is 4.98 Å². The van der Waals surface area contributed by atoms with Crippen molar-refractivity contribution < 1.29 is 4.79 Å². The van der Waals surface area contributed by atoms with Crippen LogP contribution >= 0.6 is 11.6 Å². The molecule has 0 bridgehead atoms. The molecule has 3 heterocycles. The molecular formula is C19H18ClN3O. The lowest BCUT2D eigenvalue weighted by Crippen LogP contribution is -2.37. The number of pyridine rings is 1. The average Bonchev–Trinajstić information content (AvgIpc) is 3.08.